The molecule has 0 radical (unpaired) electrons. The molecule has 0 spiro atoms. The van der Waals surface area contributed by atoms with Crippen molar-refractivity contribution in [3.05, 3.63) is 0 Å². The monoisotopic (exact) mass is 258 g/mol. The summed E-state index contributed by atoms with van der Waals surface area (Å²) in [6, 6.07) is 0. The van der Waals surface area contributed by atoms with Crippen molar-refractivity contribution in [3.63, 3.8) is 0 Å². The number of unbranched alkanes of at least 4 members (excludes halogenated alkanes) is 2. The summed E-state index contributed by atoms with van der Waals surface area (Å²) >= 11 is 0. The lowest BCUT2D eigenvalue weighted by Gasteiger charge is -2.38. The van der Waals surface area contributed by atoms with Crippen LogP contribution in [0.2, 0.25) is 0 Å². The molecule has 0 amide bonds. The minimum absolute atomic E-state index is 0.0826. The van der Waals surface area contributed by atoms with Gasteiger partial charge in [0, 0.05) is 39.4 Å². The molecule has 0 bridgehead atoms. The Morgan fingerprint density at radius 1 is 1.17 bits per heavy atom. The van der Waals surface area contributed by atoms with E-state index in [2.05, 4.69) is 18.7 Å². The predicted molar refractivity (Wildman–Crippen MR) is 74.8 cm³/mol. The Balaban J connectivity index is 2.59. The summed E-state index contributed by atoms with van der Waals surface area (Å²) in [5.41, 5.74) is 6.10. The first-order valence-corrected chi connectivity index (χ1v) is 7.12. The lowest BCUT2D eigenvalue weighted by molar-refractivity contribution is -0.00461. The summed E-state index contributed by atoms with van der Waals surface area (Å²) in [5.74, 6) is 0. The van der Waals surface area contributed by atoms with Gasteiger partial charge in [-0.2, -0.15) is 0 Å². The number of rotatable bonds is 8. The van der Waals surface area contributed by atoms with E-state index in [1.807, 2.05) is 0 Å². The molecule has 1 aliphatic heterocycles. The summed E-state index contributed by atoms with van der Waals surface area (Å²) in [7, 11) is 3.52. The van der Waals surface area contributed by atoms with Gasteiger partial charge < -0.3 is 15.2 Å². The molecule has 1 heterocycles. The zero-order chi connectivity index (χ0) is 13.6. The Morgan fingerprint density at radius 3 is 2.11 bits per heavy atom. The minimum atomic E-state index is 0.0826. The molecule has 3 atom stereocenters. The molecule has 2 N–H and O–H groups in total. The SMILES string of the molecule is CCCCCC(C)(CN)N1CC(OC)C(OC)C1. The van der Waals surface area contributed by atoms with Crippen molar-refractivity contribution in [1.82, 2.24) is 4.90 Å². The van der Waals surface area contributed by atoms with E-state index in [1.54, 1.807) is 14.2 Å². The van der Waals surface area contributed by atoms with Crippen molar-refractivity contribution >= 4 is 0 Å². The molecule has 0 saturated carbocycles. The first-order valence-electron chi connectivity index (χ1n) is 7.12. The molecule has 18 heavy (non-hydrogen) atoms. The third-order valence-corrected chi connectivity index (χ3v) is 4.34. The third kappa shape index (κ3) is 3.67. The molecular formula is C14H30N2O2. The summed E-state index contributed by atoms with van der Waals surface area (Å²) in [6.45, 7) is 7.05. The lowest BCUT2D eigenvalue weighted by Crippen LogP contribution is -2.51. The summed E-state index contributed by atoms with van der Waals surface area (Å²) < 4.78 is 11.0. The molecule has 1 saturated heterocycles. The Labute approximate surface area is 112 Å². The van der Waals surface area contributed by atoms with Gasteiger partial charge in [0.1, 0.15) is 0 Å². The highest BCUT2D eigenvalue weighted by Crippen LogP contribution is 2.28. The van der Waals surface area contributed by atoms with Crippen LogP contribution in [0.4, 0.5) is 0 Å². The van der Waals surface area contributed by atoms with Crippen molar-refractivity contribution in [2.45, 2.75) is 57.3 Å². The van der Waals surface area contributed by atoms with Crippen LogP contribution in [0.15, 0.2) is 0 Å². The molecule has 0 aliphatic carbocycles. The number of methoxy groups -OCH3 is 2. The van der Waals surface area contributed by atoms with E-state index >= 15 is 0 Å². The quantitative estimate of drug-likeness (QED) is 0.672. The fourth-order valence-electron chi connectivity index (χ4n) is 2.78. The highest BCUT2D eigenvalue weighted by atomic mass is 16.5. The Kier molecular flexibility index (Phi) is 6.57. The molecule has 0 aromatic rings. The van der Waals surface area contributed by atoms with E-state index in [4.69, 9.17) is 15.2 Å². The number of hydrogen-bond acceptors (Lipinski definition) is 4. The van der Waals surface area contributed by atoms with Crippen LogP contribution >= 0.6 is 0 Å². The first kappa shape index (κ1) is 15.9. The molecule has 3 unspecified atom stereocenters. The molecule has 4 heteroatoms. The van der Waals surface area contributed by atoms with E-state index < -0.39 is 0 Å². The van der Waals surface area contributed by atoms with Gasteiger partial charge in [0.15, 0.2) is 0 Å². The topological polar surface area (TPSA) is 47.7 Å². The predicted octanol–water partition coefficient (Wildman–Crippen LogP) is 1.63. The number of nitrogens with two attached hydrogens (primary N) is 1. The van der Waals surface area contributed by atoms with Crippen molar-refractivity contribution in [2.24, 2.45) is 5.73 Å². The Hall–Kier alpha value is -0.160. The van der Waals surface area contributed by atoms with E-state index in [0.717, 1.165) is 19.5 Å². The van der Waals surface area contributed by atoms with Crippen LogP contribution in [-0.4, -0.2) is 56.5 Å². The van der Waals surface area contributed by atoms with Crippen LogP contribution in [0, 0.1) is 0 Å². The zero-order valence-electron chi connectivity index (χ0n) is 12.4. The standard InChI is InChI=1S/C14H30N2O2/c1-5-6-7-8-14(2,11-15)16-9-12(17-3)13(10-16)18-4/h12-13H,5-11,15H2,1-4H3. The Bertz CT molecular complexity index is 226. The summed E-state index contributed by atoms with van der Waals surface area (Å²) in [4.78, 5) is 2.45. The van der Waals surface area contributed by atoms with E-state index in [0.29, 0.717) is 6.54 Å². The maximum atomic E-state index is 6.02. The van der Waals surface area contributed by atoms with Gasteiger partial charge in [-0.25, -0.2) is 0 Å². The average Bonchev–Trinajstić information content (AvgIpc) is 2.82. The number of ether oxygens (including phenoxy) is 2. The second kappa shape index (κ2) is 7.43. The van der Waals surface area contributed by atoms with Gasteiger partial charge in [-0.15, -0.1) is 0 Å². The summed E-state index contributed by atoms with van der Waals surface area (Å²) in [5, 5.41) is 0. The van der Waals surface area contributed by atoms with Gasteiger partial charge in [0.05, 0.1) is 12.2 Å². The van der Waals surface area contributed by atoms with E-state index in [-0.39, 0.29) is 17.7 Å². The van der Waals surface area contributed by atoms with Crippen molar-refractivity contribution < 1.29 is 9.47 Å². The van der Waals surface area contributed by atoms with Gasteiger partial charge in [-0.05, 0) is 13.3 Å². The molecule has 108 valence electrons. The highest BCUT2D eigenvalue weighted by Gasteiger charge is 2.41. The smallest absolute Gasteiger partial charge is 0.0972 e. The minimum Gasteiger partial charge on any atom is -0.377 e. The average molecular weight is 258 g/mol. The maximum absolute atomic E-state index is 6.02. The molecule has 1 fully saturated rings. The number of hydrogen-bond donors (Lipinski definition) is 1. The van der Waals surface area contributed by atoms with Crippen LogP contribution in [-0.2, 0) is 9.47 Å². The largest absolute Gasteiger partial charge is 0.377 e. The molecular weight excluding hydrogens is 228 g/mol. The fourth-order valence-corrected chi connectivity index (χ4v) is 2.78. The Morgan fingerprint density at radius 2 is 1.72 bits per heavy atom. The summed E-state index contributed by atoms with van der Waals surface area (Å²) in [6.07, 6.45) is 5.28. The van der Waals surface area contributed by atoms with Gasteiger partial charge in [-0.3, -0.25) is 4.90 Å². The third-order valence-electron chi connectivity index (χ3n) is 4.34. The molecule has 0 aromatic heterocycles. The lowest BCUT2D eigenvalue weighted by atomic mass is 9.92. The second-order valence-electron chi connectivity index (χ2n) is 5.61. The van der Waals surface area contributed by atoms with Gasteiger partial charge in [0.2, 0.25) is 0 Å². The highest BCUT2D eigenvalue weighted by molar-refractivity contribution is 4.96. The molecule has 0 aromatic carbocycles. The van der Waals surface area contributed by atoms with Gasteiger partial charge in [-0.1, -0.05) is 26.2 Å². The van der Waals surface area contributed by atoms with Crippen LogP contribution in [0.5, 0.6) is 0 Å². The zero-order valence-corrected chi connectivity index (χ0v) is 12.4. The number of nitrogens with zero attached hydrogens (tertiary/aromatic N) is 1. The van der Waals surface area contributed by atoms with Gasteiger partial charge in [0.25, 0.3) is 0 Å². The van der Waals surface area contributed by atoms with Crippen LogP contribution in [0.3, 0.4) is 0 Å². The van der Waals surface area contributed by atoms with E-state index in [9.17, 15) is 0 Å². The van der Waals surface area contributed by atoms with Crippen LogP contribution in [0.1, 0.15) is 39.5 Å². The van der Waals surface area contributed by atoms with Crippen LogP contribution < -0.4 is 5.73 Å². The normalized spacial score (nSPS) is 28.5. The van der Waals surface area contributed by atoms with Crippen molar-refractivity contribution in [2.75, 3.05) is 33.9 Å². The van der Waals surface area contributed by atoms with Gasteiger partial charge >= 0.3 is 0 Å². The van der Waals surface area contributed by atoms with Crippen molar-refractivity contribution in [1.29, 1.82) is 0 Å². The molecule has 1 aliphatic rings. The van der Waals surface area contributed by atoms with Crippen molar-refractivity contribution in [3.8, 4) is 0 Å². The van der Waals surface area contributed by atoms with E-state index in [1.165, 1.54) is 19.3 Å². The number of likely N-dealkylation sites (tertiary alicyclic amines) is 1. The molecule has 1 rings (SSSR count). The molecule has 4 nitrogen and oxygen atoms in total. The maximum Gasteiger partial charge on any atom is 0.0972 e. The fraction of sp³-hybridized carbons (Fsp3) is 1.00. The van der Waals surface area contributed by atoms with Crippen LogP contribution in [0.25, 0.3) is 0 Å². The second-order valence-corrected chi connectivity index (χ2v) is 5.61. The first-order chi connectivity index (χ1) is 8.61.